The molecule has 0 amide bonds. The molecule has 1 aliphatic rings. The van der Waals surface area contributed by atoms with Crippen molar-refractivity contribution in [2.75, 3.05) is 19.8 Å². The lowest BCUT2D eigenvalue weighted by molar-refractivity contribution is 0.210. The quantitative estimate of drug-likeness (QED) is 0.793. The Kier molecular flexibility index (Phi) is 5.67. The van der Waals surface area contributed by atoms with Crippen LogP contribution in [0.1, 0.15) is 37.3 Å². The third kappa shape index (κ3) is 4.22. The number of likely N-dealkylation sites (N-methyl/N-ethyl adjacent to an activating group) is 1. The largest absolute Gasteiger partial charge is 0.494 e. The fraction of sp³-hybridized carbons (Fsp3) is 0.625. The number of ether oxygens (including phenoxy) is 1. The van der Waals surface area contributed by atoms with Crippen molar-refractivity contribution in [2.45, 2.75) is 45.1 Å². The summed E-state index contributed by atoms with van der Waals surface area (Å²) in [6.07, 6.45) is 5.84. The number of aryl methyl sites for hydroxylation is 2. The summed E-state index contributed by atoms with van der Waals surface area (Å²) in [4.78, 5) is 0. The van der Waals surface area contributed by atoms with Crippen LogP contribution in [0.4, 0.5) is 0 Å². The van der Waals surface area contributed by atoms with E-state index < -0.39 is 0 Å². The van der Waals surface area contributed by atoms with Gasteiger partial charge in [-0.25, -0.2) is 0 Å². The van der Waals surface area contributed by atoms with Crippen LogP contribution in [-0.2, 0) is 12.8 Å². The Morgan fingerprint density at radius 3 is 2.79 bits per heavy atom. The van der Waals surface area contributed by atoms with Crippen LogP contribution < -0.4 is 10.1 Å². The smallest absolute Gasteiger partial charge is 0.119 e. The number of rotatable bonds is 7. The molecule has 1 aromatic carbocycles. The summed E-state index contributed by atoms with van der Waals surface area (Å²) in [6, 6.07) is 6.61. The third-order valence-electron chi connectivity index (χ3n) is 3.77. The first-order valence-electron chi connectivity index (χ1n) is 7.42. The predicted molar refractivity (Wildman–Crippen MR) is 77.7 cm³/mol. The summed E-state index contributed by atoms with van der Waals surface area (Å²) >= 11 is 0. The maximum atomic E-state index is 9.19. The molecule has 106 valence electrons. The zero-order chi connectivity index (χ0) is 13.5. The number of nitrogens with one attached hydrogen (secondary N) is 1. The molecular weight excluding hydrogens is 238 g/mol. The summed E-state index contributed by atoms with van der Waals surface area (Å²) in [7, 11) is 0. The highest BCUT2D eigenvalue weighted by Crippen LogP contribution is 2.25. The summed E-state index contributed by atoms with van der Waals surface area (Å²) in [5, 5.41) is 12.4. The van der Waals surface area contributed by atoms with Gasteiger partial charge in [-0.3, -0.25) is 0 Å². The standard InChI is InChI=1S/C16H25NO2/c1-2-17-15(12-18)9-10-19-16-8-7-13-5-3-4-6-14(13)11-16/h7-8,11,15,17-18H,2-6,9-10,12H2,1H3. The van der Waals surface area contributed by atoms with Gasteiger partial charge in [0.25, 0.3) is 0 Å². The van der Waals surface area contributed by atoms with Gasteiger partial charge in [-0.15, -0.1) is 0 Å². The second kappa shape index (κ2) is 7.51. The van der Waals surface area contributed by atoms with Crippen molar-refractivity contribution in [3.05, 3.63) is 29.3 Å². The summed E-state index contributed by atoms with van der Waals surface area (Å²) in [5.41, 5.74) is 2.94. The molecule has 0 bridgehead atoms. The average molecular weight is 263 g/mol. The second-order valence-corrected chi connectivity index (χ2v) is 5.21. The van der Waals surface area contributed by atoms with Crippen molar-refractivity contribution < 1.29 is 9.84 Å². The van der Waals surface area contributed by atoms with Crippen LogP contribution in [0.5, 0.6) is 5.75 Å². The molecule has 0 spiro atoms. The molecule has 0 saturated carbocycles. The summed E-state index contributed by atoms with van der Waals surface area (Å²) in [6.45, 7) is 3.75. The van der Waals surface area contributed by atoms with Crippen LogP contribution in [0.15, 0.2) is 18.2 Å². The zero-order valence-electron chi connectivity index (χ0n) is 11.8. The first-order valence-corrected chi connectivity index (χ1v) is 7.42. The lowest BCUT2D eigenvalue weighted by Crippen LogP contribution is -2.33. The molecule has 2 N–H and O–H groups in total. The van der Waals surface area contributed by atoms with E-state index in [1.165, 1.54) is 36.8 Å². The molecule has 0 radical (unpaired) electrons. The molecule has 1 aliphatic carbocycles. The average Bonchev–Trinajstić information content (AvgIpc) is 2.46. The third-order valence-corrected chi connectivity index (χ3v) is 3.77. The number of hydrogen-bond donors (Lipinski definition) is 2. The maximum Gasteiger partial charge on any atom is 0.119 e. The Balaban J connectivity index is 1.82. The second-order valence-electron chi connectivity index (χ2n) is 5.21. The summed E-state index contributed by atoms with van der Waals surface area (Å²) < 4.78 is 5.80. The van der Waals surface area contributed by atoms with E-state index in [9.17, 15) is 5.11 Å². The Morgan fingerprint density at radius 1 is 1.26 bits per heavy atom. The Morgan fingerprint density at radius 2 is 2.05 bits per heavy atom. The van der Waals surface area contributed by atoms with Gasteiger partial charge in [-0.05, 0) is 61.9 Å². The molecule has 1 atom stereocenters. The minimum atomic E-state index is 0.141. The SMILES string of the molecule is CCNC(CO)CCOc1ccc2c(c1)CCCC2. The molecule has 1 aromatic rings. The molecule has 19 heavy (non-hydrogen) atoms. The molecule has 0 fully saturated rings. The van der Waals surface area contributed by atoms with Crippen LogP contribution in [0, 0.1) is 0 Å². The zero-order valence-corrected chi connectivity index (χ0v) is 11.8. The van der Waals surface area contributed by atoms with Gasteiger partial charge in [0.1, 0.15) is 5.75 Å². The van der Waals surface area contributed by atoms with Crippen LogP contribution in [0.2, 0.25) is 0 Å². The lowest BCUT2D eigenvalue weighted by Gasteiger charge is -2.18. The summed E-state index contributed by atoms with van der Waals surface area (Å²) in [5.74, 6) is 0.967. The first kappa shape index (κ1) is 14.4. The van der Waals surface area contributed by atoms with Crippen LogP contribution in [-0.4, -0.2) is 30.9 Å². The van der Waals surface area contributed by atoms with Crippen molar-refractivity contribution in [2.24, 2.45) is 0 Å². The van der Waals surface area contributed by atoms with E-state index in [0.29, 0.717) is 6.61 Å². The van der Waals surface area contributed by atoms with E-state index in [1.54, 1.807) is 0 Å². The number of aliphatic hydroxyl groups excluding tert-OH is 1. The van der Waals surface area contributed by atoms with Gasteiger partial charge < -0.3 is 15.2 Å². The minimum Gasteiger partial charge on any atom is -0.494 e. The highest BCUT2D eigenvalue weighted by atomic mass is 16.5. The highest BCUT2D eigenvalue weighted by molar-refractivity contribution is 5.37. The molecule has 0 saturated heterocycles. The first-order chi connectivity index (χ1) is 9.33. The van der Waals surface area contributed by atoms with Crippen molar-refractivity contribution in [3.63, 3.8) is 0 Å². The predicted octanol–water partition coefficient (Wildman–Crippen LogP) is 2.30. The molecule has 1 unspecified atom stereocenters. The van der Waals surface area contributed by atoms with Crippen LogP contribution >= 0.6 is 0 Å². The highest BCUT2D eigenvalue weighted by Gasteiger charge is 2.10. The normalized spacial score (nSPS) is 15.9. The van der Waals surface area contributed by atoms with Gasteiger partial charge in [0.2, 0.25) is 0 Å². The monoisotopic (exact) mass is 263 g/mol. The number of benzene rings is 1. The minimum absolute atomic E-state index is 0.141. The molecule has 3 heteroatoms. The van der Waals surface area contributed by atoms with Gasteiger partial charge >= 0.3 is 0 Å². The van der Waals surface area contributed by atoms with E-state index in [2.05, 4.69) is 23.5 Å². The number of aliphatic hydroxyl groups is 1. The Bertz CT molecular complexity index is 392. The van der Waals surface area contributed by atoms with E-state index in [4.69, 9.17) is 4.74 Å². The Labute approximate surface area is 116 Å². The maximum absolute atomic E-state index is 9.19. The molecule has 3 nitrogen and oxygen atoms in total. The van der Waals surface area contributed by atoms with Crippen LogP contribution in [0.3, 0.4) is 0 Å². The van der Waals surface area contributed by atoms with E-state index >= 15 is 0 Å². The topological polar surface area (TPSA) is 41.5 Å². The number of fused-ring (bicyclic) bond motifs is 1. The van der Waals surface area contributed by atoms with Crippen molar-refractivity contribution in [1.29, 1.82) is 0 Å². The van der Waals surface area contributed by atoms with E-state index in [-0.39, 0.29) is 12.6 Å². The molecular formula is C16H25NO2. The fourth-order valence-corrected chi connectivity index (χ4v) is 2.67. The van der Waals surface area contributed by atoms with Gasteiger partial charge in [0, 0.05) is 6.04 Å². The molecule has 0 aliphatic heterocycles. The van der Waals surface area contributed by atoms with Crippen LogP contribution in [0.25, 0.3) is 0 Å². The van der Waals surface area contributed by atoms with Crippen molar-refractivity contribution in [3.8, 4) is 5.75 Å². The lowest BCUT2D eigenvalue weighted by atomic mass is 9.92. The van der Waals surface area contributed by atoms with Gasteiger partial charge in [0.05, 0.1) is 13.2 Å². The van der Waals surface area contributed by atoms with Crippen molar-refractivity contribution >= 4 is 0 Å². The van der Waals surface area contributed by atoms with Gasteiger partial charge in [-0.1, -0.05) is 13.0 Å². The number of hydrogen-bond acceptors (Lipinski definition) is 3. The van der Waals surface area contributed by atoms with Crippen molar-refractivity contribution in [1.82, 2.24) is 5.32 Å². The molecule has 2 rings (SSSR count). The Hall–Kier alpha value is -1.06. The van der Waals surface area contributed by atoms with Gasteiger partial charge in [-0.2, -0.15) is 0 Å². The van der Waals surface area contributed by atoms with E-state index in [1.807, 2.05) is 6.92 Å². The molecule has 0 heterocycles. The van der Waals surface area contributed by atoms with E-state index in [0.717, 1.165) is 18.7 Å². The molecule has 0 aromatic heterocycles. The van der Waals surface area contributed by atoms with Gasteiger partial charge in [0.15, 0.2) is 0 Å². The fourth-order valence-electron chi connectivity index (χ4n) is 2.67.